The molecule has 0 atom stereocenters. The van der Waals surface area contributed by atoms with Crippen molar-refractivity contribution < 1.29 is 18.0 Å². The Hall–Kier alpha value is -4.44. The number of hydrogen-bond acceptors (Lipinski definition) is 6. The molecule has 1 fully saturated rings. The number of thioether (sulfide) groups is 1. The summed E-state index contributed by atoms with van der Waals surface area (Å²) in [6, 6.07) is 24.0. The highest BCUT2D eigenvalue weighted by Gasteiger charge is 2.24. The van der Waals surface area contributed by atoms with E-state index < -0.39 is 0 Å². The van der Waals surface area contributed by atoms with Gasteiger partial charge in [-0.15, -0.1) is 10.2 Å². The van der Waals surface area contributed by atoms with Crippen LogP contribution in [0, 0.1) is 11.6 Å². The lowest BCUT2D eigenvalue weighted by atomic mass is 10.1. The molecule has 3 aromatic carbocycles. The van der Waals surface area contributed by atoms with Crippen molar-refractivity contribution in [3.8, 4) is 17.3 Å². The van der Waals surface area contributed by atoms with E-state index in [-0.39, 0.29) is 17.5 Å². The van der Waals surface area contributed by atoms with Crippen molar-refractivity contribution in [2.75, 3.05) is 31.1 Å². The van der Waals surface area contributed by atoms with Crippen molar-refractivity contribution in [3.05, 3.63) is 114 Å². The second-order valence-corrected chi connectivity index (χ2v) is 10.3. The molecular weight excluding hydrogens is 532 g/mol. The number of hydrogen-bond donors (Lipinski definition) is 0. The molecule has 1 amide bonds. The second kappa shape index (κ2) is 11.4. The van der Waals surface area contributed by atoms with Crippen molar-refractivity contribution in [1.82, 2.24) is 19.7 Å². The zero-order chi connectivity index (χ0) is 27.5. The van der Waals surface area contributed by atoms with E-state index in [1.807, 2.05) is 44.7 Å². The molecule has 7 nitrogen and oxygen atoms in total. The van der Waals surface area contributed by atoms with Crippen molar-refractivity contribution in [1.29, 1.82) is 0 Å². The molecule has 0 N–H and O–H groups in total. The van der Waals surface area contributed by atoms with Gasteiger partial charge in [0, 0.05) is 37.5 Å². The predicted octanol–water partition coefficient (Wildman–Crippen LogP) is 6.06. The molecule has 3 heterocycles. The first kappa shape index (κ1) is 25.8. The van der Waals surface area contributed by atoms with E-state index in [1.165, 1.54) is 30.0 Å². The standard InChI is InChI=1S/C30H25F2N5O2S/c31-23-11-13-24(14-12-23)37-28(27-6-3-19-39-27)33-34-30(37)40-20-21-7-9-22(10-8-21)29(38)36-17-15-35(16-18-36)26-5-2-1-4-25(26)32/h1-14,19H,15-18,20H2. The highest BCUT2D eigenvalue weighted by molar-refractivity contribution is 7.98. The normalized spacial score (nSPS) is 13.6. The summed E-state index contributed by atoms with van der Waals surface area (Å²) in [6.45, 7) is 2.22. The van der Waals surface area contributed by atoms with Gasteiger partial charge < -0.3 is 14.2 Å². The van der Waals surface area contributed by atoms with E-state index in [0.717, 1.165) is 11.3 Å². The number of rotatable bonds is 7. The van der Waals surface area contributed by atoms with Crippen LogP contribution in [0.4, 0.5) is 14.5 Å². The zero-order valence-electron chi connectivity index (χ0n) is 21.4. The number of benzene rings is 3. The number of para-hydroxylation sites is 1. The van der Waals surface area contributed by atoms with Crippen molar-refractivity contribution in [2.24, 2.45) is 0 Å². The number of anilines is 1. The van der Waals surface area contributed by atoms with Crippen LogP contribution in [0.1, 0.15) is 15.9 Å². The third kappa shape index (κ3) is 5.35. The molecule has 1 aliphatic rings. The Labute approximate surface area is 234 Å². The Balaban J connectivity index is 1.11. The Morgan fingerprint density at radius 2 is 1.60 bits per heavy atom. The first-order chi connectivity index (χ1) is 19.6. The highest BCUT2D eigenvalue weighted by atomic mass is 32.2. The van der Waals surface area contributed by atoms with Gasteiger partial charge in [0.2, 0.25) is 5.82 Å². The largest absolute Gasteiger partial charge is 0.461 e. The van der Waals surface area contributed by atoms with Crippen molar-refractivity contribution >= 4 is 23.4 Å². The summed E-state index contributed by atoms with van der Waals surface area (Å²) in [7, 11) is 0. The summed E-state index contributed by atoms with van der Waals surface area (Å²) in [5.74, 6) is 1.06. The van der Waals surface area contributed by atoms with Crippen LogP contribution < -0.4 is 4.90 Å². The summed E-state index contributed by atoms with van der Waals surface area (Å²) < 4.78 is 35.1. The molecule has 0 saturated carbocycles. The lowest BCUT2D eigenvalue weighted by Crippen LogP contribution is -2.49. The van der Waals surface area contributed by atoms with Crippen molar-refractivity contribution in [3.63, 3.8) is 0 Å². The van der Waals surface area contributed by atoms with Crippen LogP contribution in [0.15, 0.2) is 101 Å². The van der Waals surface area contributed by atoms with Gasteiger partial charge in [0.15, 0.2) is 10.9 Å². The molecule has 0 aliphatic carbocycles. The van der Waals surface area contributed by atoms with Gasteiger partial charge in [-0.1, -0.05) is 36.0 Å². The monoisotopic (exact) mass is 557 g/mol. The molecule has 1 aliphatic heterocycles. The van der Waals surface area contributed by atoms with E-state index in [9.17, 15) is 13.6 Å². The SMILES string of the molecule is O=C(c1ccc(CSc2nnc(-c3ccco3)n2-c2ccc(F)cc2)cc1)N1CCN(c2ccccc2F)CC1. The molecular formula is C30H25F2N5O2S. The van der Waals surface area contributed by atoms with Gasteiger partial charge in [-0.05, 0) is 66.2 Å². The fourth-order valence-corrected chi connectivity index (χ4v) is 5.59. The maximum Gasteiger partial charge on any atom is 0.253 e. The number of furan rings is 1. The topological polar surface area (TPSA) is 67.4 Å². The molecule has 202 valence electrons. The van der Waals surface area contributed by atoms with Crippen LogP contribution in [0.25, 0.3) is 17.3 Å². The Kier molecular flexibility index (Phi) is 7.33. The van der Waals surface area contributed by atoms with Crippen LogP contribution >= 0.6 is 11.8 Å². The van der Waals surface area contributed by atoms with E-state index >= 15 is 0 Å². The summed E-state index contributed by atoms with van der Waals surface area (Å²) in [6.07, 6.45) is 1.57. The molecule has 10 heteroatoms. The minimum atomic E-state index is -0.327. The molecule has 6 rings (SSSR count). The average molecular weight is 558 g/mol. The van der Waals surface area contributed by atoms with E-state index in [0.29, 0.717) is 59.9 Å². The second-order valence-electron chi connectivity index (χ2n) is 9.31. The van der Waals surface area contributed by atoms with Crippen LogP contribution in [0.3, 0.4) is 0 Å². The van der Waals surface area contributed by atoms with Crippen LogP contribution in [0.2, 0.25) is 0 Å². The first-order valence-electron chi connectivity index (χ1n) is 12.8. The summed E-state index contributed by atoms with van der Waals surface area (Å²) in [4.78, 5) is 16.9. The lowest BCUT2D eigenvalue weighted by Gasteiger charge is -2.36. The number of carbonyl (C=O) groups excluding carboxylic acids is 1. The third-order valence-electron chi connectivity index (χ3n) is 6.79. The van der Waals surface area contributed by atoms with Gasteiger partial charge in [-0.3, -0.25) is 9.36 Å². The number of halogens is 2. The fourth-order valence-electron chi connectivity index (χ4n) is 4.68. The minimum absolute atomic E-state index is 0.0356. The molecule has 0 spiro atoms. The quantitative estimate of drug-likeness (QED) is 0.227. The summed E-state index contributed by atoms with van der Waals surface area (Å²) >= 11 is 1.48. The van der Waals surface area contributed by atoms with Gasteiger partial charge in [-0.2, -0.15) is 0 Å². The number of piperazine rings is 1. The Bertz CT molecular complexity index is 1600. The first-order valence-corrected chi connectivity index (χ1v) is 13.8. The van der Waals surface area contributed by atoms with Gasteiger partial charge in [0.05, 0.1) is 17.6 Å². The van der Waals surface area contributed by atoms with Crippen LogP contribution in [-0.2, 0) is 5.75 Å². The zero-order valence-corrected chi connectivity index (χ0v) is 22.2. The maximum atomic E-state index is 14.1. The molecule has 0 unspecified atom stereocenters. The van der Waals surface area contributed by atoms with Crippen molar-refractivity contribution in [2.45, 2.75) is 10.9 Å². The number of carbonyl (C=O) groups is 1. The Morgan fingerprint density at radius 1 is 0.850 bits per heavy atom. The van der Waals surface area contributed by atoms with Gasteiger partial charge in [0.1, 0.15) is 11.6 Å². The molecule has 1 saturated heterocycles. The molecule has 40 heavy (non-hydrogen) atoms. The van der Waals surface area contributed by atoms with Gasteiger partial charge in [-0.25, -0.2) is 8.78 Å². The molecule has 5 aromatic rings. The predicted molar refractivity (Wildman–Crippen MR) is 150 cm³/mol. The van der Waals surface area contributed by atoms with E-state index in [4.69, 9.17) is 4.42 Å². The third-order valence-corrected chi connectivity index (χ3v) is 7.79. The van der Waals surface area contributed by atoms with E-state index in [2.05, 4.69) is 10.2 Å². The Morgan fingerprint density at radius 3 is 2.30 bits per heavy atom. The molecule has 0 bridgehead atoms. The van der Waals surface area contributed by atoms with Crippen LogP contribution in [-0.4, -0.2) is 51.8 Å². The summed E-state index contributed by atoms with van der Waals surface area (Å²) in [5.41, 5.74) is 2.92. The smallest absolute Gasteiger partial charge is 0.253 e. The molecule has 0 radical (unpaired) electrons. The van der Waals surface area contributed by atoms with E-state index in [1.54, 1.807) is 42.7 Å². The minimum Gasteiger partial charge on any atom is -0.461 e. The maximum absolute atomic E-state index is 14.1. The highest BCUT2D eigenvalue weighted by Crippen LogP contribution is 2.30. The van der Waals surface area contributed by atoms with Crippen LogP contribution in [0.5, 0.6) is 0 Å². The number of nitrogens with zero attached hydrogens (tertiary/aromatic N) is 5. The number of amides is 1. The van der Waals surface area contributed by atoms with Gasteiger partial charge >= 0.3 is 0 Å². The van der Waals surface area contributed by atoms with Gasteiger partial charge in [0.25, 0.3) is 5.91 Å². The summed E-state index contributed by atoms with van der Waals surface area (Å²) in [5, 5.41) is 9.31. The fraction of sp³-hybridized carbons (Fsp3) is 0.167. The average Bonchev–Trinajstić information content (AvgIpc) is 3.67. The number of aromatic nitrogens is 3. The molecule has 2 aromatic heterocycles. The lowest BCUT2D eigenvalue weighted by molar-refractivity contribution is 0.0746.